The smallest absolute Gasteiger partial charge is 0.330 e. The molecule has 2 heterocycles. The molecule has 1 aliphatic rings. The summed E-state index contributed by atoms with van der Waals surface area (Å²) in [6, 6.07) is 7.89. The fourth-order valence-electron chi connectivity index (χ4n) is 3.66. The first kappa shape index (κ1) is 22.8. The first-order chi connectivity index (χ1) is 15.4. The molecule has 172 valence electrons. The molecular weight excluding hydrogens is 467 g/mol. The molecule has 4 rings (SSSR count). The highest BCUT2D eigenvalue weighted by molar-refractivity contribution is 7.90. The number of halogens is 5. The Kier molecular flexibility index (Phi) is 5.47. The highest BCUT2D eigenvalue weighted by Gasteiger charge is 2.36. The molecule has 1 aromatic heterocycles. The molecule has 1 amide bonds. The van der Waals surface area contributed by atoms with Crippen molar-refractivity contribution in [2.24, 2.45) is 0 Å². The highest BCUT2D eigenvalue weighted by Crippen LogP contribution is 2.35. The number of pyridine rings is 1. The van der Waals surface area contributed by atoms with Crippen molar-refractivity contribution >= 4 is 15.7 Å². The van der Waals surface area contributed by atoms with Gasteiger partial charge in [0.05, 0.1) is 5.56 Å². The van der Waals surface area contributed by atoms with Crippen LogP contribution in [0.1, 0.15) is 27.2 Å². The summed E-state index contributed by atoms with van der Waals surface area (Å²) in [5.74, 6) is -2.76. The molecule has 0 N–H and O–H groups in total. The molecule has 0 bridgehead atoms. The Morgan fingerprint density at radius 1 is 1.00 bits per heavy atom. The van der Waals surface area contributed by atoms with Gasteiger partial charge >= 0.3 is 6.18 Å². The molecule has 0 atom stereocenters. The number of amides is 1. The van der Waals surface area contributed by atoms with Gasteiger partial charge in [-0.3, -0.25) is 9.78 Å². The first-order valence-corrected chi connectivity index (χ1v) is 11.4. The maximum absolute atomic E-state index is 15.4. The van der Waals surface area contributed by atoms with E-state index in [-0.39, 0.29) is 29.8 Å². The number of benzene rings is 2. The number of sulfone groups is 1. The fraction of sp³-hybridized carbons (Fsp3) is 0.182. The molecular formula is C22H15F5N2O3S. The van der Waals surface area contributed by atoms with Crippen LogP contribution in [0.5, 0.6) is 0 Å². The van der Waals surface area contributed by atoms with Crippen LogP contribution in [0.25, 0.3) is 11.1 Å². The Bertz CT molecular complexity index is 1370. The molecule has 0 saturated carbocycles. The molecule has 3 aromatic rings. The van der Waals surface area contributed by atoms with Crippen molar-refractivity contribution in [3.05, 3.63) is 82.7 Å². The van der Waals surface area contributed by atoms with Crippen molar-refractivity contribution in [3.63, 3.8) is 0 Å². The lowest BCUT2D eigenvalue weighted by molar-refractivity contribution is -0.141. The number of aromatic nitrogens is 1. The van der Waals surface area contributed by atoms with Crippen LogP contribution in [-0.4, -0.2) is 30.5 Å². The number of carbonyl (C=O) groups is 1. The van der Waals surface area contributed by atoms with E-state index in [0.717, 1.165) is 41.6 Å². The second-order valence-corrected chi connectivity index (χ2v) is 9.56. The maximum Gasteiger partial charge on any atom is 0.433 e. The molecule has 0 saturated heterocycles. The average Bonchev–Trinajstić information content (AvgIpc) is 3.15. The predicted octanol–water partition coefficient (Wildman–Crippen LogP) is 4.61. The van der Waals surface area contributed by atoms with Crippen LogP contribution in [0.2, 0.25) is 0 Å². The summed E-state index contributed by atoms with van der Waals surface area (Å²) in [6.45, 7) is -0.379. The van der Waals surface area contributed by atoms with Crippen LogP contribution in [0.15, 0.2) is 53.6 Å². The van der Waals surface area contributed by atoms with E-state index in [9.17, 15) is 30.8 Å². The monoisotopic (exact) mass is 482 g/mol. The number of hydrogen-bond donors (Lipinski definition) is 0. The highest BCUT2D eigenvalue weighted by atomic mass is 32.2. The zero-order chi connectivity index (χ0) is 24.1. The standard InChI is InChI=1S/C22H15F5N2O3S/c1-33(31,32)17-7-6-16(12-2-4-15(23)5-3-12)19(20(17)24)21(30)29-10-13-8-18(22(25,26)27)28-9-14(13)11-29/h2-9H,10-11H2,1H3. The Balaban J connectivity index is 1.80. The Morgan fingerprint density at radius 2 is 1.64 bits per heavy atom. The van der Waals surface area contributed by atoms with Crippen molar-refractivity contribution in [2.75, 3.05) is 6.26 Å². The van der Waals surface area contributed by atoms with Gasteiger partial charge in [0, 0.05) is 25.5 Å². The number of rotatable bonds is 3. The molecule has 33 heavy (non-hydrogen) atoms. The average molecular weight is 482 g/mol. The number of nitrogens with zero attached hydrogens (tertiary/aromatic N) is 2. The van der Waals surface area contributed by atoms with Crippen LogP contribution in [0, 0.1) is 11.6 Å². The third-order valence-corrected chi connectivity index (χ3v) is 6.37. The maximum atomic E-state index is 15.4. The van der Waals surface area contributed by atoms with Crippen molar-refractivity contribution in [1.29, 1.82) is 0 Å². The quantitative estimate of drug-likeness (QED) is 0.512. The summed E-state index contributed by atoms with van der Waals surface area (Å²) in [5, 5.41) is 0. The molecule has 0 spiro atoms. The zero-order valence-electron chi connectivity index (χ0n) is 17.0. The van der Waals surface area contributed by atoms with Gasteiger partial charge in [0.25, 0.3) is 5.91 Å². The Morgan fingerprint density at radius 3 is 2.24 bits per heavy atom. The van der Waals surface area contributed by atoms with Crippen LogP contribution >= 0.6 is 0 Å². The normalized spacial score (nSPS) is 13.8. The SMILES string of the molecule is CS(=O)(=O)c1ccc(-c2ccc(F)cc2)c(C(=O)N2Cc3cnc(C(F)(F)F)cc3C2)c1F. The number of hydrogen-bond acceptors (Lipinski definition) is 4. The third-order valence-electron chi connectivity index (χ3n) is 5.26. The van der Waals surface area contributed by atoms with Crippen LogP contribution < -0.4 is 0 Å². The van der Waals surface area contributed by atoms with Gasteiger partial charge in [0.15, 0.2) is 15.7 Å². The topological polar surface area (TPSA) is 67.3 Å². The van der Waals surface area contributed by atoms with E-state index < -0.39 is 49.7 Å². The number of fused-ring (bicyclic) bond motifs is 1. The molecule has 1 aliphatic heterocycles. The lowest BCUT2D eigenvalue weighted by Gasteiger charge is -2.19. The van der Waals surface area contributed by atoms with E-state index in [0.29, 0.717) is 5.56 Å². The second-order valence-electron chi connectivity index (χ2n) is 7.58. The van der Waals surface area contributed by atoms with E-state index in [2.05, 4.69) is 4.98 Å². The van der Waals surface area contributed by atoms with Crippen LogP contribution in [0.3, 0.4) is 0 Å². The van der Waals surface area contributed by atoms with Crippen molar-refractivity contribution < 1.29 is 35.2 Å². The first-order valence-electron chi connectivity index (χ1n) is 9.49. The largest absolute Gasteiger partial charge is 0.433 e. The van der Waals surface area contributed by atoms with Gasteiger partial charge in [-0.25, -0.2) is 17.2 Å². The Hall–Kier alpha value is -3.34. The van der Waals surface area contributed by atoms with Crippen molar-refractivity contribution in [1.82, 2.24) is 9.88 Å². The minimum Gasteiger partial charge on any atom is -0.330 e. The lowest BCUT2D eigenvalue weighted by atomic mass is 9.98. The second kappa shape index (κ2) is 7.91. The molecule has 11 heteroatoms. The van der Waals surface area contributed by atoms with E-state index in [1.165, 1.54) is 18.2 Å². The molecule has 0 unspecified atom stereocenters. The summed E-state index contributed by atoms with van der Waals surface area (Å²) < 4.78 is 91.7. The molecule has 0 fully saturated rings. The van der Waals surface area contributed by atoms with Gasteiger partial charge in [-0.2, -0.15) is 13.2 Å². The summed E-state index contributed by atoms with van der Waals surface area (Å²) in [7, 11) is -4.04. The van der Waals surface area contributed by atoms with Crippen LogP contribution in [-0.2, 0) is 29.1 Å². The van der Waals surface area contributed by atoms with Crippen molar-refractivity contribution in [3.8, 4) is 11.1 Å². The minimum absolute atomic E-state index is 0.0231. The summed E-state index contributed by atoms with van der Waals surface area (Å²) in [4.78, 5) is 17.1. The van der Waals surface area contributed by atoms with Crippen LogP contribution in [0.4, 0.5) is 22.0 Å². The number of carbonyl (C=O) groups excluding carboxylic acids is 1. The van der Waals surface area contributed by atoms with E-state index in [4.69, 9.17) is 0 Å². The fourth-order valence-corrected chi connectivity index (χ4v) is 4.40. The summed E-state index contributed by atoms with van der Waals surface area (Å²) >= 11 is 0. The summed E-state index contributed by atoms with van der Waals surface area (Å²) in [5.41, 5.74) is -0.839. The van der Waals surface area contributed by atoms with E-state index in [1.807, 2.05) is 0 Å². The van der Waals surface area contributed by atoms with Gasteiger partial charge in [-0.15, -0.1) is 0 Å². The van der Waals surface area contributed by atoms with Gasteiger partial charge in [0.1, 0.15) is 16.4 Å². The van der Waals surface area contributed by atoms with Gasteiger partial charge in [-0.1, -0.05) is 18.2 Å². The minimum atomic E-state index is -4.67. The zero-order valence-corrected chi connectivity index (χ0v) is 17.8. The van der Waals surface area contributed by atoms with E-state index >= 15 is 4.39 Å². The molecule has 0 radical (unpaired) electrons. The van der Waals surface area contributed by atoms with Crippen molar-refractivity contribution in [2.45, 2.75) is 24.2 Å². The van der Waals surface area contributed by atoms with Gasteiger partial charge < -0.3 is 4.90 Å². The van der Waals surface area contributed by atoms with Gasteiger partial charge in [0.2, 0.25) is 0 Å². The van der Waals surface area contributed by atoms with E-state index in [1.54, 1.807) is 0 Å². The lowest BCUT2D eigenvalue weighted by Crippen LogP contribution is -2.27. The molecule has 2 aromatic carbocycles. The number of alkyl halides is 3. The molecule has 5 nitrogen and oxygen atoms in total. The third kappa shape index (κ3) is 4.32. The summed E-state index contributed by atoms with van der Waals surface area (Å²) in [6.07, 6.45) is -2.87. The van der Waals surface area contributed by atoms with Gasteiger partial charge in [-0.05, 0) is 46.5 Å². The Labute approximate surface area is 185 Å². The predicted molar refractivity (Wildman–Crippen MR) is 108 cm³/mol. The molecule has 0 aliphatic carbocycles.